The van der Waals surface area contributed by atoms with Crippen LogP contribution < -0.4 is 15.8 Å². The van der Waals surface area contributed by atoms with Gasteiger partial charge in [0.05, 0.1) is 12.3 Å². The Labute approximate surface area is 210 Å². The first kappa shape index (κ1) is 25.6. The lowest BCUT2D eigenvalue weighted by Crippen LogP contribution is -2.39. The van der Waals surface area contributed by atoms with E-state index in [2.05, 4.69) is 15.2 Å². The summed E-state index contributed by atoms with van der Waals surface area (Å²) in [4.78, 5) is 32.1. The topological polar surface area (TPSA) is 76.5 Å². The minimum Gasteiger partial charge on any atom is -0.380 e. The van der Waals surface area contributed by atoms with E-state index in [9.17, 15) is 14.0 Å². The van der Waals surface area contributed by atoms with Crippen LogP contribution in [0.3, 0.4) is 0 Å². The first-order valence-corrected chi connectivity index (χ1v) is 12.3. The Hall–Kier alpha value is -3.52. The molecule has 3 aromatic rings. The van der Waals surface area contributed by atoms with Crippen molar-refractivity contribution in [2.75, 3.05) is 36.5 Å². The number of benzene rings is 1. The number of halogens is 1. The standard InChI is InChI=1S/C28H33FN4O3/c1-5-36-14-13-32-11-6-12-33-25(32)16-21(17-26(33)34)23-18-22(8-7-19(23)2)31-27(35)20-9-10-30-24(15-20)28(3,4)29/h7-10,15-18H,5-6,11-14H2,1-4H3,(H,31,35). The van der Waals surface area contributed by atoms with Gasteiger partial charge >= 0.3 is 0 Å². The average molecular weight is 493 g/mol. The molecule has 0 bridgehead atoms. The van der Waals surface area contributed by atoms with Gasteiger partial charge in [0, 0.05) is 49.8 Å². The van der Waals surface area contributed by atoms with Crippen LogP contribution in [0.15, 0.2) is 53.5 Å². The van der Waals surface area contributed by atoms with Crippen molar-refractivity contribution in [3.63, 3.8) is 0 Å². The van der Waals surface area contributed by atoms with Crippen molar-refractivity contribution in [3.05, 3.63) is 75.8 Å². The molecule has 0 saturated carbocycles. The quantitative estimate of drug-likeness (QED) is 0.452. The van der Waals surface area contributed by atoms with Crippen molar-refractivity contribution in [1.82, 2.24) is 9.55 Å². The van der Waals surface area contributed by atoms with E-state index >= 15 is 0 Å². The second-order valence-corrected chi connectivity index (χ2v) is 9.52. The molecule has 0 spiro atoms. The molecule has 1 aliphatic rings. The molecule has 1 aliphatic heterocycles. The van der Waals surface area contributed by atoms with Crippen LogP contribution in [0.5, 0.6) is 0 Å². The molecule has 0 radical (unpaired) electrons. The molecule has 4 rings (SSSR count). The molecule has 3 heterocycles. The fourth-order valence-corrected chi connectivity index (χ4v) is 4.42. The molecule has 2 aromatic heterocycles. The summed E-state index contributed by atoms with van der Waals surface area (Å²) in [5.41, 5.74) is 2.06. The van der Waals surface area contributed by atoms with E-state index in [4.69, 9.17) is 4.74 Å². The molecular weight excluding hydrogens is 459 g/mol. The van der Waals surface area contributed by atoms with Crippen molar-refractivity contribution in [3.8, 4) is 11.1 Å². The predicted octanol–water partition coefficient (Wildman–Crippen LogP) is 4.92. The molecular formula is C28H33FN4O3. The number of alkyl halides is 1. The van der Waals surface area contributed by atoms with Gasteiger partial charge in [0.25, 0.3) is 11.5 Å². The van der Waals surface area contributed by atoms with Crippen LogP contribution in [-0.2, 0) is 17.0 Å². The van der Waals surface area contributed by atoms with Gasteiger partial charge in [-0.25, -0.2) is 4.39 Å². The van der Waals surface area contributed by atoms with E-state index in [0.717, 1.165) is 42.0 Å². The molecule has 7 nitrogen and oxygen atoms in total. The Bertz CT molecular complexity index is 1310. The summed E-state index contributed by atoms with van der Waals surface area (Å²) in [6.45, 7) is 10.3. The number of pyridine rings is 2. The van der Waals surface area contributed by atoms with E-state index in [0.29, 0.717) is 31.0 Å². The molecule has 0 aliphatic carbocycles. The van der Waals surface area contributed by atoms with Gasteiger partial charge in [0.2, 0.25) is 0 Å². The van der Waals surface area contributed by atoms with Crippen LogP contribution in [0.25, 0.3) is 11.1 Å². The number of nitrogens with one attached hydrogen (secondary N) is 1. The number of carbonyl (C=O) groups excluding carboxylic acids is 1. The Morgan fingerprint density at radius 1 is 1.17 bits per heavy atom. The molecule has 0 fully saturated rings. The second-order valence-electron chi connectivity index (χ2n) is 9.52. The molecule has 190 valence electrons. The Morgan fingerprint density at radius 3 is 2.72 bits per heavy atom. The van der Waals surface area contributed by atoms with E-state index in [1.807, 2.05) is 42.7 Å². The van der Waals surface area contributed by atoms with Gasteiger partial charge in [-0.2, -0.15) is 0 Å². The highest BCUT2D eigenvalue weighted by molar-refractivity contribution is 6.04. The van der Waals surface area contributed by atoms with Crippen LogP contribution in [0.4, 0.5) is 15.9 Å². The molecule has 0 saturated heterocycles. The SMILES string of the molecule is CCOCCN1CCCn2c1cc(-c1cc(NC(=O)c3ccnc(C(C)(C)F)c3)ccc1C)cc2=O. The Morgan fingerprint density at radius 2 is 1.97 bits per heavy atom. The van der Waals surface area contributed by atoms with Crippen LogP contribution in [0.2, 0.25) is 0 Å². The minimum atomic E-state index is -1.65. The number of aromatic nitrogens is 2. The maximum absolute atomic E-state index is 14.3. The Balaban J connectivity index is 1.63. The first-order valence-electron chi connectivity index (χ1n) is 12.3. The largest absolute Gasteiger partial charge is 0.380 e. The highest BCUT2D eigenvalue weighted by Crippen LogP contribution is 2.30. The van der Waals surface area contributed by atoms with E-state index in [-0.39, 0.29) is 17.2 Å². The van der Waals surface area contributed by atoms with E-state index < -0.39 is 5.67 Å². The minimum absolute atomic E-state index is 0.0457. The number of aryl methyl sites for hydroxylation is 1. The number of hydrogen-bond donors (Lipinski definition) is 1. The summed E-state index contributed by atoms with van der Waals surface area (Å²) in [6.07, 6.45) is 2.35. The third kappa shape index (κ3) is 5.65. The van der Waals surface area contributed by atoms with Crippen LogP contribution in [0, 0.1) is 6.92 Å². The average Bonchev–Trinajstić information content (AvgIpc) is 2.85. The van der Waals surface area contributed by atoms with Crippen LogP contribution in [-0.4, -0.2) is 41.8 Å². The van der Waals surface area contributed by atoms with Gasteiger partial charge in [-0.05, 0) is 81.1 Å². The molecule has 1 N–H and O–H groups in total. The number of hydrogen-bond acceptors (Lipinski definition) is 5. The number of nitrogens with zero attached hydrogens (tertiary/aromatic N) is 3. The summed E-state index contributed by atoms with van der Waals surface area (Å²) in [6, 6.07) is 12.3. The lowest BCUT2D eigenvalue weighted by Gasteiger charge is -2.32. The maximum Gasteiger partial charge on any atom is 0.255 e. The number of rotatable bonds is 8. The summed E-state index contributed by atoms with van der Waals surface area (Å²) in [5, 5.41) is 2.89. The molecule has 1 amide bonds. The third-order valence-electron chi connectivity index (χ3n) is 6.39. The highest BCUT2D eigenvalue weighted by Gasteiger charge is 2.22. The fourth-order valence-electron chi connectivity index (χ4n) is 4.42. The van der Waals surface area contributed by atoms with Gasteiger partial charge in [-0.15, -0.1) is 0 Å². The van der Waals surface area contributed by atoms with Crippen molar-refractivity contribution < 1.29 is 13.9 Å². The predicted molar refractivity (Wildman–Crippen MR) is 141 cm³/mol. The fraction of sp³-hybridized carbons (Fsp3) is 0.393. The summed E-state index contributed by atoms with van der Waals surface area (Å²) >= 11 is 0. The van der Waals surface area contributed by atoms with Crippen LogP contribution in [0.1, 0.15) is 48.8 Å². The number of anilines is 2. The number of ether oxygens (including phenoxy) is 1. The lowest BCUT2D eigenvalue weighted by molar-refractivity contribution is 0.102. The second kappa shape index (κ2) is 10.6. The zero-order valence-electron chi connectivity index (χ0n) is 21.3. The number of fused-ring (bicyclic) bond motifs is 1. The monoisotopic (exact) mass is 492 g/mol. The maximum atomic E-state index is 14.3. The molecule has 0 unspecified atom stereocenters. The molecule has 8 heteroatoms. The van der Waals surface area contributed by atoms with Gasteiger partial charge in [-0.1, -0.05) is 6.07 Å². The third-order valence-corrected chi connectivity index (χ3v) is 6.39. The van der Waals surface area contributed by atoms with E-state index in [1.54, 1.807) is 12.1 Å². The zero-order chi connectivity index (χ0) is 25.9. The summed E-state index contributed by atoms with van der Waals surface area (Å²) in [7, 11) is 0. The normalized spacial score (nSPS) is 13.4. The summed E-state index contributed by atoms with van der Waals surface area (Å²) in [5.74, 6) is 0.528. The number of amides is 1. The van der Waals surface area contributed by atoms with Crippen molar-refractivity contribution in [1.29, 1.82) is 0 Å². The van der Waals surface area contributed by atoms with Gasteiger partial charge in [0.1, 0.15) is 11.5 Å². The van der Waals surface area contributed by atoms with Gasteiger partial charge < -0.3 is 15.0 Å². The lowest BCUT2D eigenvalue weighted by atomic mass is 9.99. The smallest absolute Gasteiger partial charge is 0.255 e. The van der Waals surface area contributed by atoms with Crippen molar-refractivity contribution >= 4 is 17.4 Å². The Kier molecular flexibility index (Phi) is 7.54. The molecule has 36 heavy (non-hydrogen) atoms. The van der Waals surface area contributed by atoms with E-state index in [1.165, 1.54) is 26.1 Å². The van der Waals surface area contributed by atoms with Crippen LogP contribution >= 0.6 is 0 Å². The number of carbonyl (C=O) groups is 1. The molecule has 1 aromatic carbocycles. The van der Waals surface area contributed by atoms with Gasteiger partial charge in [-0.3, -0.25) is 19.1 Å². The van der Waals surface area contributed by atoms with Crippen molar-refractivity contribution in [2.45, 2.75) is 46.3 Å². The highest BCUT2D eigenvalue weighted by atomic mass is 19.1. The van der Waals surface area contributed by atoms with Gasteiger partial charge in [0.15, 0.2) is 0 Å². The molecule has 0 atom stereocenters. The van der Waals surface area contributed by atoms with Crippen molar-refractivity contribution in [2.24, 2.45) is 0 Å². The zero-order valence-corrected chi connectivity index (χ0v) is 21.3. The first-order chi connectivity index (χ1) is 17.2. The summed E-state index contributed by atoms with van der Waals surface area (Å²) < 4.78 is 21.7.